The Labute approximate surface area is 179 Å². The van der Waals surface area contributed by atoms with Crippen molar-refractivity contribution in [2.75, 3.05) is 12.0 Å². The molecule has 1 saturated heterocycles. The number of hydrogen-bond acceptors (Lipinski definition) is 5. The van der Waals surface area contributed by atoms with Gasteiger partial charge in [0.15, 0.2) is 15.8 Å². The van der Waals surface area contributed by atoms with Crippen molar-refractivity contribution in [1.29, 1.82) is 0 Å². The number of rotatable bonds is 3. The lowest BCUT2D eigenvalue weighted by Crippen LogP contribution is -2.27. The van der Waals surface area contributed by atoms with Crippen LogP contribution in [0.3, 0.4) is 0 Å². The van der Waals surface area contributed by atoms with Crippen LogP contribution < -0.4 is 9.64 Å². The van der Waals surface area contributed by atoms with E-state index in [2.05, 4.69) is 0 Å². The molecule has 1 fully saturated rings. The lowest BCUT2D eigenvalue weighted by Gasteiger charge is -2.15. The number of carbonyl (C=O) groups is 1. The van der Waals surface area contributed by atoms with Crippen molar-refractivity contribution in [3.8, 4) is 11.5 Å². The van der Waals surface area contributed by atoms with Gasteiger partial charge in [0.05, 0.1) is 21.3 Å². The quantitative estimate of drug-likeness (QED) is 0.337. The summed E-state index contributed by atoms with van der Waals surface area (Å²) in [4.78, 5) is 14.8. The first-order chi connectivity index (χ1) is 12.3. The molecule has 1 amide bonds. The molecule has 1 aliphatic rings. The minimum Gasteiger partial charge on any atom is -0.504 e. The van der Waals surface area contributed by atoms with Crippen molar-refractivity contribution in [2.24, 2.45) is 0 Å². The molecule has 0 atom stereocenters. The van der Waals surface area contributed by atoms with Gasteiger partial charge in [-0.25, -0.2) is 0 Å². The highest BCUT2D eigenvalue weighted by Crippen LogP contribution is 2.39. The highest BCUT2D eigenvalue weighted by Gasteiger charge is 2.33. The van der Waals surface area contributed by atoms with Gasteiger partial charge in [0, 0.05) is 5.02 Å². The van der Waals surface area contributed by atoms with E-state index < -0.39 is 0 Å². The summed E-state index contributed by atoms with van der Waals surface area (Å²) >= 11 is 14.8. The molecular formula is C18H13ClINO3S2. The third-order valence-corrected chi connectivity index (χ3v) is 6.31. The number of halogens is 2. The van der Waals surface area contributed by atoms with Crippen LogP contribution in [0.5, 0.6) is 11.5 Å². The summed E-state index contributed by atoms with van der Waals surface area (Å²) in [5, 5.41) is 10.5. The molecule has 0 aliphatic carbocycles. The Morgan fingerprint density at radius 1 is 1.35 bits per heavy atom. The predicted octanol–water partition coefficient (Wildman–Crippen LogP) is 5.37. The number of phenols is 1. The number of carbonyl (C=O) groups excluding carboxylic acids is 1. The van der Waals surface area contributed by atoms with Crippen molar-refractivity contribution >= 4 is 80.2 Å². The zero-order chi connectivity index (χ0) is 19.0. The van der Waals surface area contributed by atoms with Crippen molar-refractivity contribution in [3.05, 3.63) is 55.0 Å². The van der Waals surface area contributed by atoms with Crippen molar-refractivity contribution in [2.45, 2.75) is 6.92 Å². The molecule has 0 aromatic heterocycles. The number of anilines is 1. The van der Waals surface area contributed by atoms with Gasteiger partial charge in [0.25, 0.3) is 5.91 Å². The van der Waals surface area contributed by atoms with Crippen LogP contribution in [0.4, 0.5) is 5.69 Å². The number of thioether (sulfide) groups is 1. The topological polar surface area (TPSA) is 49.8 Å². The molecule has 0 unspecified atom stereocenters. The lowest BCUT2D eigenvalue weighted by atomic mass is 10.1. The predicted molar refractivity (Wildman–Crippen MR) is 119 cm³/mol. The Balaban J connectivity index is 1.97. The van der Waals surface area contributed by atoms with Gasteiger partial charge in [-0.3, -0.25) is 9.69 Å². The van der Waals surface area contributed by atoms with E-state index in [9.17, 15) is 9.90 Å². The molecule has 0 spiro atoms. The van der Waals surface area contributed by atoms with E-state index in [-0.39, 0.29) is 11.7 Å². The largest absolute Gasteiger partial charge is 0.504 e. The molecule has 1 heterocycles. The van der Waals surface area contributed by atoms with Crippen LogP contribution in [0.25, 0.3) is 6.08 Å². The van der Waals surface area contributed by atoms with E-state index in [1.165, 1.54) is 23.8 Å². The van der Waals surface area contributed by atoms with Crippen LogP contribution in [0.2, 0.25) is 5.02 Å². The fraction of sp³-hybridized carbons (Fsp3) is 0.111. The van der Waals surface area contributed by atoms with Crippen molar-refractivity contribution in [1.82, 2.24) is 0 Å². The zero-order valence-electron chi connectivity index (χ0n) is 13.7. The third kappa shape index (κ3) is 3.71. The summed E-state index contributed by atoms with van der Waals surface area (Å²) in [5.74, 6) is 0.220. The second-order valence-corrected chi connectivity index (χ2v) is 8.75. The van der Waals surface area contributed by atoms with Crippen LogP contribution >= 0.6 is 58.2 Å². The van der Waals surface area contributed by atoms with Gasteiger partial charge in [0.2, 0.25) is 0 Å². The maximum absolute atomic E-state index is 12.8. The highest BCUT2D eigenvalue weighted by molar-refractivity contribution is 14.1. The van der Waals surface area contributed by atoms with E-state index in [4.69, 9.17) is 28.6 Å². The molecule has 134 valence electrons. The maximum Gasteiger partial charge on any atom is 0.270 e. The molecule has 0 bridgehead atoms. The number of aryl methyl sites for hydroxylation is 1. The van der Waals surface area contributed by atoms with Gasteiger partial charge in [-0.1, -0.05) is 41.6 Å². The Hall–Kier alpha value is -1.29. The number of nitrogens with zero attached hydrogens (tertiary/aromatic N) is 1. The number of ether oxygens (including phenoxy) is 1. The van der Waals surface area contributed by atoms with E-state index >= 15 is 0 Å². The van der Waals surface area contributed by atoms with E-state index in [1.54, 1.807) is 24.3 Å². The first-order valence-corrected chi connectivity index (χ1v) is 10.1. The van der Waals surface area contributed by atoms with Crippen LogP contribution in [0, 0.1) is 10.5 Å². The number of aromatic hydroxyl groups is 1. The molecule has 1 N–H and O–H groups in total. The van der Waals surface area contributed by atoms with Crippen molar-refractivity contribution < 1.29 is 14.6 Å². The second kappa shape index (κ2) is 7.75. The molecule has 8 heteroatoms. The van der Waals surface area contributed by atoms with Crippen LogP contribution in [0.15, 0.2) is 35.2 Å². The Morgan fingerprint density at radius 2 is 2.08 bits per heavy atom. The first kappa shape index (κ1) is 19.5. The number of benzene rings is 2. The molecule has 0 radical (unpaired) electrons. The third-order valence-electron chi connectivity index (χ3n) is 3.78. The second-order valence-electron chi connectivity index (χ2n) is 5.50. The number of thiocarbonyl (C=S) groups is 1. The minimum absolute atomic E-state index is 0.0760. The monoisotopic (exact) mass is 517 g/mol. The van der Waals surface area contributed by atoms with Gasteiger partial charge in [-0.2, -0.15) is 0 Å². The van der Waals surface area contributed by atoms with Gasteiger partial charge in [-0.15, -0.1) is 0 Å². The van der Waals surface area contributed by atoms with Gasteiger partial charge < -0.3 is 9.84 Å². The Bertz CT molecular complexity index is 962. The molecule has 26 heavy (non-hydrogen) atoms. The SMILES string of the molecule is COc1cc(/C=C2\SC(=S)N(c3ccc(C)c(Cl)c3)C2=O)cc(I)c1O. The maximum atomic E-state index is 12.8. The average molecular weight is 518 g/mol. The van der Waals surface area contributed by atoms with Crippen LogP contribution in [-0.2, 0) is 4.79 Å². The Morgan fingerprint density at radius 3 is 2.73 bits per heavy atom. The molecule has 2 aromatic rings. The average Bonchev–Trinajstić information content (AvgIpc) is 2.87. The minimum atomic E-state index is -0.207. The zero-order valence-corrected chi connectivity index (χ0v) is 18.3. The fourth-order valence-corrected chi connectivity index (χ4v) is 4.49. The molecule has 0 saturated carbocycles. The summed E-state index contributed by atoms with van der Waals surface area (Å²) < 4.78 is 6.25. The van der Waals surface area contributed by atoms with E-state index in [1.807, 2.05) is 41.6 Å². The Kier molecular flexibility index (Phi) is 5.81. The summed E-state index contributed by atoms with van der Waals surface area (Å²) in [7, 11) is 1.48. The lowest BCUT2D eigenvalue weighted by molar-refractivity contribution is -0.113. The van der Waals surface area contributed by atoms with E-state index in [0.717, 1.165) is 11.1 Å². The summed E-state index contributed by atoms with van der Waals surface area (Å²) in [6.07, 6.45) is 1.74. The first-order valence-electron chi connectivity index (χ1n) is 7.42. The molecule has 2 aromatic carbocycles. The van der Waals surface area contributed by atoms with E-state index in [0.29, 0.717) is 29.3 Å². The number of phenolic OH excluding ortho intramolecular Hbond substituents is 1. The van der Waals surface area contributed by atoms with Crippen LogP contribution in [-0.4, -0.2) is 22.4 Å². The summed E-state index contributed by atoms with van der Waals surface area (Å²) in [6.45, 7) is 1.90. The molecule has 1 aliphatic heterocycles. The summed E-state index contributed by atoms with van der Waals surface area (Å²) in [6, 6.07) is 8.85. The standard InChI is InChI=1S/C18H13ClINO3S2/c1-9-3-4-11(8-12(9)19)21-17(23)15(26-18(21)25)7-10-5-13(20)16(22)14(6-10)24-2/h3-8,22H,1-2H3/b15-7-. The fourth-order valence-electron chi connectivity index (χ4n) is 2.40. The normalized spacial score (nSPS) is 15.8. The number of amides is 1. The molecule has 4 nitrogen and oxygen atoms in total. The van der Waals surface area contributed by atoms with Gasteiger partial charge in [-0.05, 0) is 71.0 Å². The smallest absolute Gasteiger partial charge is 0.270 e. The van der Waals surface area contributed by atoms with Crippen LogP contribution in [0.1, 0.15) is 11.1 Å². The van der Waals surface area contributed by atoms with Crippen molar-refractivity contribution in [3.63, 3.8) is 0 Å². The van der Waals surface area contributed by atoms with Gasteiger partial charge >= 0.3 is 0 Å². The highest BCUT2D eigenvalue weighted by atomic mass is 127. The van der Waals surface area contributed by atoms with Gasteiger partial charge in [0.1, 0.15) is 0 Å². The molecular weight excluding hydrogens is 505 g/mol. The number of hydrogen-bond donors (Lipinski definition) is 1. The number of methoxy groups -OCH3 is 1. The summed E-state index contributed by atoms with van der Waals surface area (Å²) in [5.41, 5.74) is 2.32. The molecule has 3 rings (SSSR count).